The van der Waals surface area contributed by atoms with Gasteiger partial charge in [-0.05, 0) is 44.9 Å². The molecule has 0 amide bonds. The minimum atomic E-state index is -0.300. The highest BCUT2D eigenvalue weighted by Gasteiger charge is 2.31. The van der Waals surface area contributed by atoms with Crippen LogP contribution in [0.3, 0.4) is 0 Å². The van der Waals surface area contributed by atoms with Gasteiger partial charge in [-0.1, -0.05) is 23.9 Å². The molecule has 9 heteroatoms. The summed E-state index contributed by atoms with van der Waals surface area (Å²) in [6.07, 6.45) is 2.08. The molecule has 1 aliphatic carbocycles. The van der Waals surface area contributed by atoms with Crippen molar-refractivity contribution < 1.29 is 13.2 Å². The zero-order chi connectivity index (χ0) is 20.0. The molecule has 1 saturated carbocycles. The van der Waals surface area contributed by atoms with E-state index in [1.165, 1.54) is 17.8 Å². The molecular formula is C20H18FN5O2S. The molecule has 0 atom stereocenters. The Labute approximate surface area is 170 Å². The smallest absolute Gasteiger partial charge is 0.251 e. The third-order valence-electron chi connectivity index (χ3n) is 4.75. The lowest BCUT2D eigenvalue weighted by Crippen LogP contribution is -2.01. The van der Waals surface area contributed by atoms with E-state index < -0.39 is 0 Å². The van der Waals surface area contributed by atoms with Gasteiger partial charge >= 0.3 is 0 Å². The van der Waals surface area contributed by atoms with Crippen molar-refractivity contribution in [1.82, 2.24) is 25.0 Å². The van der Waals surface area contributed by atoms with Crippen LogP contribution in [-0.4, -0.2) is 25.0 Å². The molecule has 148 valence electrons. The predicted molar refractivity (Wildman–Crippen MR) is 105 cm³/mol. The molecule has 29 heavy (non-hydrogen) atoms. The molecule has 3 aromatic heterocycles. The highest BCUT2D eigenvalue weighted by Crippen LogP contribution is 2.42. The molecule has 4 aromatic rings. The fourth-order valence-electron chi connectivity index (χ4n) is 3.25. The largest absolute Gasteiger partial charge is 0.466 e. The van der Waals surface area contributed by atoms with E-state index in [-0.39, 0.29) is 5.82 Å². The molecule has 0 N–H and O–H groups in total. The van der Waals surface area contributed by atoms with Crippen LogP contribution in [0.15, 0.2) is 44.3 Å². The van der Waals surface area contributed by atoms with E-state index >= 15 is 0 Å². The van der Waals surface area contributed by atoms with E-state index in [0.717, 1.165) is 35.1 Å². The van der Waals surface area contributed by atoms with Crippen molar-refractivity contribution in [3.8, 4) is 22.8 Å². The van der Waals surface area contributed by atoms with Gasteiger partial charge in [-0.25, -0.2) is 4.39 Å². The quantitative estimate of drug-likeness (QED) is 0.414. The van der Waals surface area contributed by atoms with Crippen molar-refractivity contribution in [3.05, 3.63) is 53.6 Å². The lowest BCUT2D eigenvalue weighted by molar-refractivity contribution is 0.499. The summed E-state index contributed by atoms with van der Waals surface area (Å²) in [5.41, 5.74) is 1.26. The zero-order valence-corrected chi connectivity index (χ0v) is 16.7. The van der Waals surface area contributed by atoms with Gasteiger partial charge in [-0.2, -0.15) is 0 Å². The summed E-state index contributed by atoms with van der Waals surface area (Å²) in [6, 6.07) is 8.82. The highest BCUT2D eigenvalue weighted by molar-refractivity contribution is 7.98. The topological polar surface area (TPSA) is 82.8 Å². The number of thioether (sulfide) groups is 1. The maximum atomic E-state index is 14.3. The Morgan fingerprint density at radius 1 is 1.07 bits per heavy atom. The van der Waals surface area contributed by atoms with Gasteiger partial charge in [0, 0.05) is 6.04 Å². The lowest BCUT2D eigenvalue weighted by atomic mass is 10.2. The van der Waals surface area contributed by atoms with E-state index in [4.69, 9.17) is 8.83 Å². The minimum Gasteiger partial charge on any atom is -0.466 e. The van der Waals surface area contributed by atoms with Crippen LogP contribution < -0.4 is 0 Å². The van der Waals surface area contributed by atoms with E-state index in [1.807, 2.05) is 24.5 Å². The molecule has 0 aliphatic heterocycles. The Kier molecular flexibility index (Phi) is 4.46. The Hall–Kier alpha value is -2.94. The van der Waals surface area contributed by atoms with Gasteiger partial charge < -0.3 is 8.83 Å². The predicted octanol–water partition coefficient (Wildman–Crippen LogP) is 4.97. The number of aryl methyl sites for hydroxylation is 2. The number of aromatic nitrogens is 5. The van der Waals surface area contributed by atoms with Crippen LogP contribution in [-0.2, 0) is 5.75 Å². The molecule has 1 fully saturated rings. The minimum absolute atomic E-state index is 0.300. The molecule has 0 spiro atoms. The van der Waals surface area contributed by atoms with Crippen LogP contribution in [0.2, 0.25) is 0 Å². The molecule has 5 rings (SSSR count). The average Bonchev–Trinajstić information content (AvgIpc) is 3.13. The second-order valence-corrected chi connectivity index (χ2v) is 7.95. The molecule has 0 saturated heterocycles. The summed E-state index contributed by atoms with van der Waals surface area (Å²) < 4.78 is 27.6. The molecular weight excluding hydrogens is 393 g/mol. The fraction of sp³-hybridized carbons (Fsp3) is 0.300. The number of benzene rings is 1. The van der Waals surface area contributed by atoms with Crippen LogP contribution in [0, 0.1) is 19.7 Å². The van der Waals surface area contributed by atoms with Crippen molar-refractivity contribution in [2.24, 2.45) is 0 Å². The summed E-state index contributed by atoms with van der Waals surface area (Å²) in [5, 5.41) is 17.5. The van der Waals surface area contributed by atoms with E-state index in [0.29, 0.717) is 35.0 Å². The van der Waals surface area contributed by atoms with Crippen LogP contribution in [0.1, 0.15) is 36.3 Å². The Balaban J connectivity index is 1.38. The summed E-state index contributed by atoms with van der Waals surface area (Å²) in [4.78, 5) is 0. The van der Waals surface area contributed by atoms with Crippen molar-refractivity contribution in [3.63, 3.8) is 0 Å². The zero-order valence-electron chi connectivity index (χ0n) is 15.9. The first-order valence-corrected chi connectivity index (χ1v) is 10.3. The SMILES string of the molecule is Cc1cc(-c2nnc(CSc3nnc(-c4ccccc4F)n3C3CC3)o2)c(C)o1. The average molecular weight is 411 g/mol. The summed E-state index contributed by atoms with van der Waals surface area (Å²) in [5.74, 6) is 3.17. The first-order valence-electron chi connectivity index (χ1n) is 9.32. The lowest BCUT2D eigenvalue weighted by Gasteiger charge is -2.08. The second-order valence-electron chi connectivity index (χ2n) is 7.00. The van der Waals surface area contributed by atoms with Gasteiger partial charge in [-0.3, -0.25) is 4.57 Å². The highest BCUT2D eigenvalue weighted by atomic mass is 32.2. The van der Waals surface area contributed by atoms with Gasteiger partial charge in [0.05, 0.1) is 16.9 Å². The summed E-state index contributed by atoms with van der Waals surface area (Å²) in [6.45, 7) is 3.74. The number of furan rings is 1. The molecule has 7 nitrogen and oxygen atoms in total. The van der Waals surface area contributed by atoms with Gasteiger partial charge in [0.15, 0.2) is 11.0 Å². The molecule has 0 bridgehead atoms. The first kappa shape index (κ1) is 18.1. The van der Waals surface area contributed by atoms with Crippen molar-refractivity contribution in [1.29, 1.82) is 0 Å². The van der Waals surface area contributed by atoms with Crippen LogP contribution in [0.5, 0.6) is 0 Å². The van der Waals surface area contributed by atoms with Crippen molar-refractivity contribution in [2.45, 2.75) is 43.6 Å². The number of hydrogen-bond donors (Lipinski definition) is 0. The maximum absolute atomic E-state index is 14.3. The van der Waals surface area contributed by atoms with Crippen LogP contribution in [0.4, 0.5) is 4.39 Å². The third-order valence-corrected chi connectivity index (χ3v) is 5.68. The molecule has 0 unspecified atom stereocenters. The van der Waals surface area contributed by atoms with Crippen molar-refractivity contribution >= 4 is 11.8 Å². The standard InChI is InChI=1S/C20H18FN5O2S/c1-11-9-15(12(2)27-11)19-24-22-17(28-19)10-29-20-25-23-18(26(20)13-7-8-13)14-5-3-4-6-16(14)21/h3-6,9,13H,7-8,10H2,1-2H3. The Morgan fingerprint density at radius 2 is 1.90 bits per heavy atom. The molecule has 3 heterocycles. The van der Waals surface area contributed by atoms with Gasteiger partial charge in [0.2, 0.25) is 5.89 Å². The van der Waals surface area contributed by atoms with Crippen LogP contribution in [0.25, 0.3) is 22.8 Å². The summed E-state index contributed by atoms with van der Waals surface area (Å²) in [7, 11) is 0. The third kappa shape index (κ3) is 3.46. The molecule has 1 aliphatic rings. The monoisotopic (exact) mass is 411 g/mol. The number of hydrogen-bond acceptors (Lipinski definition) is 7. The van der Waals surface area contributed by atoms with Crippen molar-refractivity contribution in [2.75, 3.05) is 0 Å². The fourth-order valence-corrected chi connectivity index (χ4v) is 4.10. The van der Waals surface area contributed by atoms with E-state index in [1.54, 1.807) is 18.2 Å². The van der Waals surface area contributed by atoms with Gasteiger partial charge in [0.1, 0.15) is 17.3 Å². The molecule has 1 aromatic carbocycles. The summed E-state index contributed by atoms with van der Waals surface area (Å²) >= 11 is 1.45. The van der Waals surface area contributed by atoms with Gasteiger partial charge in [0.25, 0.3) is 5.89 Å². The number of rotatable bonds is 6. The van der Waals surface area contributed by atoms with Crippen LogP contribution >= 0.6 is 11.8 Å². The van der Waals surface area contributed by atoms with E-state index in [2.05, 4.69) is 20.4 Å². The number of halogens is 1. The normalized spacial score (nSPS) is 13.9. The second kappa shape index (κ2) is 7.14. The Morgan fingerprint density at radius 3 is 2.62 bits per heavy atom. The molecule has 0 radical (unpaired) electrons. The number of nitrogens with zero attached hydrogens (tertiary/aromatic N) is 5. The van der Waals surface area contributed by atoms with E-state index in [9.17, 15) is 4.39 Å². The Bertz CT molecular complexity index is 1180. The van der Waals surface area contributed by atoms with Gasteiger partial charge in [-0.15, -0.1) is 20.4 Å². The first-order chi connectivity index (χ1) is 14.1. The maximum Gasteiger partial charge on any atom is 0.251 e.